The SMILES string of the molecule is COc1ccc(F)cc1/C(=C\C(=O)O)C(F)(F)F. The standard InChI is InChI=1S/C11H8F4O3/c1-18-9-3-2-6(12)4-7(9)8(5-10(16)17)11(13,14)15/h2-5H,1H3,(H,16,17)/b8-5+. The summed E-state index contributed by atoms with van der Waals surface area (Å²) in [4.78, 5) is 10.4. The smallest absolute Gasteiger partial charge is 0.417 e. The average molecular weight is 264 g/mol. The minimum absolute atomic E-state index is 0.0305. The molecule has 98 valence electrons. The van der Waals surface area contributed by atoms with Gasteiger partial charge in [-0.25, -0.2) is 9.18 Å². The topological polar surface area (TPSA) is 46.5 Å². The van der Waals surface area contributed by atoms with Crippen LogP contribution in [0, 0.1) is 5.82 Å². The van der Waals surface area contributed by atoms with Gasteiger partial charge >= 0.3 is 12.1 Å². The van der Waals surface area contributed by atoms with Crippen molar-refractivity contribution in [1.82, 2.24) is 0 Å². The molecule has 0 atom stereocenters. The molecule has 0 saturated heterocycles. The normalized spacial score (nSPS) is 12.4. The third-order valence-electron chi connectivity index (χ3n) is 2.02. The van der Waals surface area contributed by atoms with Gasteiger partial charge in [-0.3, -0.25) is 0 Å². The van der Waals surface area contributed by atoms with Gasteiger partial charge in [0, 0.05) is 11.6 Å². The number of halogens is 4. The molecule has 1 aromatic carbocycles. The van der Waals surface area contributed by atoms with Gasteiger partial charge in [0.2, 0.25) is 0 Å². The van der Waals surface area contributed by atoms with Crippen molar-refractivity contribution >= 4 is 11.5 Å². The number of allylic oxidation sites excluding steroid dienone is 1. The second-order valence-electron chi connectivity index (χ2n) is 3.24. The molecule has 0 heterocycles. The predicted molar refractivity (Wildman–Crippen MR) is 54.6 cm³/mol. The number of carboxylic acid groups (broad SMARTS) is 1. The van der Waals surface area contributed by atoms with Crippen LogP contribution in [0.15, 0.2) is 24.3 Å². The highest BCUT2D eigenvalue weighted by molar-refractivity contribution is 5.92. The molecule has 18 heavy (non-hydrogen) atoms. The summed E-state index contributed by atoms with van der Waals surface area (Å²) in [5.74, 6) is -2.97. The van der Waals surface area contributed by atoms with E-state index in [1.807, 2.05) is 0 Å². The van der Waals surface area contributed by atoms with Crippen LogP contribution < -0.4 is 4.74 Å². The van der Waals surface area contributed by atoms with Crippen molar-refractivity contribution in [1.29, 1.82) is 0 Å². The van der Waals surface area contributed by atoms with E-state index in [1.54, 1.807) is 0 Å². The van der Waals surface area contributed by atoms with Crippen molar-refractivity contribution in [3.05, 3.63) is 35.7 Å². The minimum Gasteiger partial charge on any atom is -0.496 e. The van der Waals surface area contributed by atoms with Gasteiger partial charge < -0.3 is 9.84 Å². The number of ether oxygens (including phenoxy) is 1. The molecular formula is C11H8F4O3. The molecule has 0 unspecified atom stereocenters. The highest BCUT2D eigenvalue weighted by Gasteiger charge is 2.37. The van der Waals surface area contributed by atoms with Crippen LogP contribution in [-0.4, -0.2) is 24.4 Å². The minimum atomic E-state index is -4.93. The second kappa shape index (κ2) is 5.07. The first-order valence-corrected chi connectivity index (χ1v) is 4.61. The highest BCUT2D eigenvalue weighted by Crippen LogP contribution is 2.38. The zero-order chi connectivity index (χ0) is 13.9. The lowest BCUT2D eigenvalue weighted by Crippen LogP contribution is -2.13. The molecule has 0 aliphatic rings. The van der Waals surface area contributed by atoms with E-state index in [9.17, 15) is 22.4 Å². The van der Waals surface area contributed by atoms with Gasteiger partial charge in [-0.1, -0.05) is 0 Å². The van der Waals surface area contributed by atoms with Crippen LogP contribution in [0.25, 0.3) is 5.57 Å². The summed E-state index contributed by atoms with van der Waals surface area (Å²) >= 11 is 0. The number of rotatable bonds is 3. The molecule has 1 aromatic rings. The summed E-state index contributed by atoms with van der Waals surface area (Å²) in [5, 5.41) is 8.43. The maximum atomic E-state index is 13.0. The van der Waals surface area contributed by atoms with Crippen molar-refractivity contribution in [2.75, 3.05) is 7.11 Å². The number of methoxy groups -OCH3 is 1. The van der Waals surface area contributed by atoms with Crippen LogP contribution in [0.1, 0.15) is 5.56 Å². The zero-order valence-corrected chi connectivity index (χ0v) is 9.08. The third kappa shape index (κ3) is 3.22. The lowest BCUT2D eigenvalue weighted by Gasteiger charge is -2.14. The van der Waals surface area contributed by atoms with Gasteiger partial charge in [0.15, 0.2) is 0 Å². The number of aliphatic carboxylic acids is 1. The van der Waals surface area contributed by atoms with Crippen LogP contribution in [0.3, 0.4) is 0 Å². The fourth-order valence-corrected chi connectivity index (χ4v) is 1.33. The van der Waals surface area contributed by atoms with E-state index in [-0.39, 0.29) is 11.8 Å². The number of hydrogen-bond donors (Lipinski definition) is 1. The molecule has 0 spiro atoms. The molecule has 3 nitrogen and oxygen atoms in total. The Morgan fingerprint density at radius 2 is 2.00 bits per heavy atom. The Balaban J connectivity index is 3.47. The summed E-state index contributed by atoms with van der Waals surface area (Å²) in [6.45, 7) is 0. The fraction of sp³-hybridized carbons (Fsp3) is 0.182. The van der Waals surface area contributed by atoms with Crippen LogP contribution in [0.2, 0.25) is 0 Å². The fourth-order valence-electron chi connectivity index (χ4n) is 1.33. The Morgan fingerprint density at radius 3 is 2.44 bits per heavy atom. The van der Waals surface area contributed by atoms with Crippen molar-refractivity contribution in [2.45, 2.75) is 6.18 Å². The highest BCUT2D eigenvalue weighted by atomic mass is 19.4. The number of hydrogen-bond acceptors (Lipinski definition) is 2. The quantitative estimate of drug-likeness (QED) is 0.674. The molecule has 0 aliphatic heterocycles. The Morgan fingerprint density at radius 1 is 1.39 bits per heavy atom. The first-order valence-electron chi connectivity index (χ1n) is 4.61. The van der Waals surface area contributed by atoms with E-state index in [0.717, 1.165) is 19.2 Å². The molecule has 0 aromatic heterocycles. The molecule has 0 saturated carbocycles. The van der Waals surface area contributed by atoms with Crippen LogP contribution in [0.4, 0.5) is 17.6 Å². The molecule has 1 N–H and O–H groups in total. The molecule has 0 bridgehead atoms. The molecule has 0 amide bonds. The van der Waals surface area contributed by atoms with E-state index in [4.69, 9.17) is 5.11 Å². The predicted octanol–water partition coefficient (Wildman–Crippen LogP) is 2.86. The molecule has 0 aliphatic carbocycles. The van der Waals surface area contributed by atoms with Crippen LogP contribution in [-0.2, 0) is 4.79 Å². The van der Waals surface area contributed by atoms with Crippen molar-refractivity contribution in [3.63, 3.8) is 0 Å². The third-order valence-corrected chi connectivity index (χ3v) is 2.02. The molecular weight excluding hydrogens is 256 g/mol. The largest absolute Gasteiger partial charge is 0.496 e. The summed E-state index contributed by atoms with van der Waals surface area (Å²) < 4.78 is 55.7. The summed E-state index contributed by atoms with van der Waals surface area (Å²) in [7, 11) is 1.10. The lowest BCUT2D eigenvalue weighted by molar-refractivity contribution is -0.131. The van der Waals surface area contributed by atoms with E-state index < -0.39 is 29.1 Å². The number of carboxylic acids is 1. The van der Waals surface area contributed by atoms with E-state index >= 15 is 0 Å². The van der Waals surface area contributed by atoms with E-state index in [2.05, 4.69) is 4.74 Å². The van der Waals surface area contributed by atoms with Gasteiger partial charge in [0.1, 0.15) is 11.6 Å². The van der Waals surface area contributed by atoms with E-state index in [0.29, 0.717) is 6.07 Å². The van der Waals surface area contributed by atoms with Gasteiger partial charge in [0.25, 0.3) is 0 Å². The Labute approximate surface area is 99.3 Å². The van der Waals surface area contributed by atoms with Gasteiger partial charge in [-0.2, -0.15) is 13.2 Å². The first-order chi connectivity index (χ1) is 8.25. The van der Waals surface area contributed by atoms with Crippen molar-refractivity contribution in [2.24, 2.45) is 0 Å². The molecule has 0 radical (unpaired) electrons. The van der Waals surface area contributed by atoms with Crippen molar-refractivity contribution < 1.29 is 32.2 Å². The second-order valence-corrected chi connectivity index (χ2v) is 3.24. The number of alkyl halides is 3. The summed E-state index contributed by atoms with van der Waals surface area (Å²) in [6, 6.07) is 2.48. The van der Waals surface area contributed by atoms with E-state index in [1.165, 1.54) is 0 Å². The molecule has 1 rings (SSSR count). The maximum absolute atomic E-state index is 13.0. The van der Waals surface area contributed by atoms with Crippen LogP contribution in [0.5, 0.6) is 5.75 Å². The average Bonchev–Trinajstić information content (AvgIpc) is 2.24. The van der Waals surface area contributed by atoms with Gasteiger partial charge in [-0.15, -0.1) is 0 Å². The summed E-state index contributed by atoms with van der Waals surface area (Å²) in [5.41, 5.74) is -2.14. The molecule has 7 heteroatoms. The monoisotopic (exact) mass is 264 g/mol. The van der Waals surface area contributed by atoms with Gasteiger partial charge in [0.05, 0.1) is 12.7 Å². The number of benzene rings is 1. The lowest BCUT2D eigenvalue weighted by atomic mass is 10.0. The number of carbonyl (C=O) groups is 1. The maximum Gasteiger partial charge on any atom is 0.417 e. The Hall–Kier alpha value is -2.05. The summed E-state index contributed by atoms with van der Waals surface area (Å²) in [6.07, 6.45) is -4.96. The van der Waals surface area contributed by atoms with Crippen molar-refractivity contribution in [3.8, 4) is 5.75 Å². The first kappa shape index (κ1) is 14.0. The zero-order valence-electron chi connectivity index (χ0n) is 9.08. The Kier molecular flexibility index (Phi) is 3.95. The molecule has 0 fully saturated rings. The Bertz CT molecular complexity index is 492. The van der Waals surface area contributed by atoms with Crippen LogP contribution >= 0.6 is 0 Å². The van der Waals surface area contributed by atoms with Gasteiger partial charge in [-0.05, 0) is 18.2 Å².